The van der Waals surface area contributed by atoms with E-state index in [0.717, 1.165) is 25.1 Å². The second-order valence-corrected chi connectivity index (χ2v) is 3.93. The highest BCUT2D eigenvalue weighted by Crippen LogP contribution is 2.33. The number of benzene rings is 1. The second-order valence-electron chi connectivity index (χ2n) is 3.93. The van der Waals surface area contributed by atoms with Gasteiger partial charge in [0, 0.05) is 6.54 Å². The minimum absolute atomic E-state index is 0.122. The molecule has 1 fully saturated rings. The molecule has 0 aromatic heterocycles. The van der Waals surface area contributed by atoms with Crippen molar-refractivity contribution in [1.29, 1.82) is 0 Å². The van der Waals surface area contributed by atoms with E-state index in [1.807, 2.05) is 0 Å². The fraction of sp³-hybridized carbons (Fsp3) is 0.455. The average molecular weight is 233 g/mol. The Bertz CT molecular complexity index is 380. The third kappa shape index (κ3) is 2.19. The van der Waals surface area contributed by atoms with Crippen molar-refractivity contribution in [3.05, 3.63) is 35.1 Å². The number of hydrogen-bond donors (Lipinski definition) is 1. The van der Waals surface area contributed by atoms with Gasteiger partial charge in [0.15, 0.2) is 0 Å². The molecule has 88 valence electrons. The maximum atomic E-state index is 13.3. The molecule has 0 amide bonds. The van der Waals surface area contributed by atoms with Crippen LogP contribution in [0.3, 0.4) is 0 Å². The predicted molar refractivity (Wildman–Crippen MR) is 51.6 cm³/mol. The Morgan fingerprint density at radius 1 is 1.25 bits per heavy atom. The van der Waals surface area contributed by atoms with Crippen molar-refractivity contribution in [2.24, 2.45) is 0 Å². The zero-order valence-corrected chi connectivity index (χ0v) is 8.44. The van der Waals surface area contributed by atoms with Gasteiger partial charge in [-0.25, -0.2) is 4.39 Å². The Labute approximate surface area is 90.5 Å². The third-order valence-corrected chi connectivity index (χ3v) is 2.83. The van der Waals surface area contributed by atoms with Gasteiger partial charge in [-0.2, -0.15) is 13.2 Å². The molecule has 16 heavy (non-hydrogen) atoms. The summed E-state index contributed by atoms with van der Waals surface area (Å²) in [6.07, 6.45) is -3.78. The molecule has 1 nitrogen and oxygen atoms in total. The molecule has 0 radical (unpaired) electrons. The minimum Gasteiger partial charge on any atom is -0.316 e. The first-order valence-electron chi connectivity index (χ1n) is 5.06. The summed E-state index contributed by atoms with van der Waals surface area (Å²) < 4.78 is 50.2. The fourth-order valence-corrected chi connectivity index (χ4v) is 1.95. The molecule has 0 unspecified atom stereocenters. The van der Waals surface area contributed by atoms with Gasteiger partial charge in [0.2, 0.25) is 0 Å². The first kappa shape index (κ1) is 11.4. The van der Waals surface area contributed by atoms with E-state index in [0.29, 0.717) is 12.1 Å². The summed E-state index contributed by atoms with van der Waals surface area (Å²) in [6, 6.07) is 3.19. The molecule has 1 heterocycles. The largest absolute Gasteiger partial charge is 0.419 e. The van der Waals surface area contributed by atoms with Crippen LogP contribution in [0.5, 0.6) is 0 Å². The van der Waals surface area contributed by atoms with Crippen LogP contribution in [0.15, 0.2) is 18.2 Å². The normalized spacial score (nSPS) is 21.4. The van der Waals surface area contributed by atoms with Gasteiger partial charge in [-0.15, -0.1) is 0 Å². The molecule has 5 heteroatoms. The molecule has 0 aliphatic carbocycles. The van der Waals surface area contributed by atoms with Gasteiger partial charge in [-0.1, -0.05) is 6.07 Å². The quantitative estimate of drug-likeness (QED) is 0.735. The van der Waals surface area contributed by atoms with Crippen LogP contribution in [-0.2, 0) is 6.18 Å². The lowest BCUT2D eigenvalue weighted by molar-refractivity contribution is -0.140. The Kier molecular flexibility index (Phi) is 2.88. The van der Waals surface area contributed by atoms with Crippen LogP contribution in [0, 0.1) is 5.82 Å². The first-order valence-corrected chi connectivity index (χ1v) is 5.06. The van der Waals surface area contributed by atoms with Crippen molar-refractivity contribution >= 4 is 0 Å². The molecule has 1 aromatic carbocycles. The fourth-order valence-electron chi connectivity index (χ4n) is 1.95. The van der Waals surface area contributed by atoms with Crippen LogP contribution in [-0.4, -0.2) is 13.1 Å². The van der Waals surface area contributed by atoms with Gasteiger partial charge in [0.25, 0.3) is 0 Å². The Balaban J connectivity index is 2.29. The summed E-state index contributed by atoms with van der Waals surface area (Å²) in [4.78, 5) is 0. The van der Waals surface area contributed by atoms with E-state index >= 15 is 0 Å². The van der Waals surface area contributed by atoms with E-state index in [-0.39, 0.29) is 5.92 Å². The maximum absolute atomic E-state index is 13.3. The molecule has 1 aliphatic heterocycles. The lowest BCUT2D eigenvalue weighted by Crippen LogP contribution is -2.11. The molecule has 0 bridgehead atoms. The first-order chi connectivity index (χ1) is 7.48. The SMILES string of the molecule is Fc1cc([C@H]2CCNC2)ccc1C(F)(F)F. The minimum atomic E-state index is -4.61. The smallest absolute Gasteiger partial charge is 0.316 e. The number of rotatable bonds is 1. The number of hydrogen-bond acceptors (Lipinski definition) is 1. The molecular formula is C11H11F4N. The standard InChI is InChI=1S/C11H11F4N/c12-10-5-7(8-3-4-16-6-8)1-2-9(10)11(13,14)15/h1-2,5,8,16H,3-4,6H2/t8-/m0/s1. The van der Waals surface area contributed by atoms with Crippen molar-refractivity contribution in [3.63, 3.8) is 0 Å². The van der Waals surface area contributed by atoms with E-state index in [9.17, 15) is 17.6 Å². The molecule has 1 aliphatic rings. The van der Waals surface area contributed by atoms with Crippen LogP contribution in [0.4, 0.5) is 17.6 Å². The highest BCUT2D eigenvalue weighted by atomic mass is 19.4. The number of halogens is 4. The van der Waals surface area contributed by atoms with Crippen molar-refractivity contribution in [3.8, 4) is 0 Å². The predicted octanol–water partition coefficient (Wildman–Crippen LogP) is 2.92. The molecule has 0 spiro atoms. The lowest BCUT2D eigenvalue weighted by Gasteiger charge is -2.12. The lowest BCUT2D eigenvalue weighted by atomic mass is 9.97. The highest BCUT2D eigenvalue weighted by molar-refractivity contribution is 5.29. The number of alkyl halides is 3. The maximum Gasteiger partial charge on any atom is 0.419 e. The van der Waals surface area contributed by atoms with Gasteiger partial charge in [0.05, 0.1) is 5.56 Å². The number of nitrogens with one attached hydrogen (secondary N) is 1. The topological polar surface area (TPSA) is 12.0 Å². The molecule has 2 rings (SSSR count). The second kappa shape index (κ2) is 4.05. The molecule has 1 atom stereocenters. The zero-order chi connectivity index (χ0) is 11.8. The van der Waals surface area contributed by atoms with Gasteiger partial charge >= 0.3 is 6.18 Å². The van der Waals surface area contributed by atoms with Crippen molar-refractivity contribution in [2.45, 2.75) is 18.5 Å². The Morgan fingerprint density at radius 2 is 2.00 bits per heavy atom. The van der Waals surface area contributed by atoms with E-state index in [1.165, 1.54) is 6.07 Å². The van der Waals surface area contributed by atoms with E-state index in [1.54, 1.807) is 0 Å². The summed E-state index contributed by atoms with van der Waals surface area (Å²) in [5.74, 6) is -1.06. The van der Waals surface area contributed by atoms with Gasteiger partial charge < -0.3 is 5.32 Å². The van der Waals surface area contributed by atoms with Crippen LogP contribution in [0.1, 0.15) is 23.5 Å². The van der Waals surface area contributed by atoms with E-state index < -0.39 is 17.6 Å². The summed E-state index contributed by atoms with van der Waals surface area (Å²) >= 11 is 0. The van der Waals surface area contributed by atoms with Crippen molar-refractivity contribution in [2.75, 3.05) is 13.1 Å². The molecule has 1 aromatic rings. The monoisotopic (exact) mass is 233 g/mol. The average Bonchev–Trinajstić information content (AvgIpc) is 2.68. The van der Waals surface area contributed by atoms with Crippen LogP contribution < -0.4 is 5.32 Å². The van der Waals surface area contributed by atoms with Crippen LogP contribution >= 0.6 is 0 Å². The third-order valence-electron chi connectivity index (χ3n) is 2.83. The van der Waals surface area contributed by atoms with Gasteiger partial charge in [-0.05, 0) is 36.6 Å². The summed E-state index contributed by atoms with van der Waals surface area (Å²) in [6.45, 7) is 1.53. The van der Waals surface area contributed by atoms with Crippen LogP contribution in [0.25, 0.3) is 0 Å². The van der Waals surface area contributed by atoms with Crippen molar-refractivity contribution in [1.82, 2.24) is 5.32 Å². The molecular weight excluding hydrogens is 222 g/mol. The van der Waals surface area contributed by atoms with Gasteiger partial charge in [0.1, 0.15) is 5.82 Å². The van der Waals surface area contributed by atoms with Gasteiger partial charge in [-0.3, -0.25) is 0 Å². The Morgan fingerprint density at radius 3 is 2.50 bits per heavy atom. The summed E-state index contributed by atoms with van der Waals surface area (Å²) in [5, 5.41) is 3.09. The summed E-state index contributed by atoms with van der Waals surface area (Å²) in [7, 11) is 0. The summed E-state index contributed by atoms with van der Waals surface area (Å²) in [5.41, 5.74) is -0.558. The molecule has 1 saturated heterocycles. The van der Waals surface area contributed by atoms with Crippen LogP contribution in [0.2, 0.25) is 0 Å². The Hall–Kier alpha value is -1.10. The van der Waals surface area contributed by atoms with E-state index in [4.69, 9.17) is 0 Å². The van der Waals surface area contributed by atoms with Crippen molar-refractivity contribution < 1.29 is 17.6 Å². The highest BCUT2D eigenvalue weighted by Gasteiger charge is 2.34. The molecule has 1 N–H and O–H groups in total. The zero-order valence-electron chi connectivity index (χ0n) is 8.44. The van der Waals surface area contributed by atoms with E-state index in [2.05, 4.69) is 5.32 Å². The molecule has 0 saturated carbocycles.